The standard InChI is InChI=1S/C16H17BrN2O2/c17-13-7-9-14(10-8-13)19-16(20)18-11-4-12-21-15-5-2-1-3-6-15/h1-3,5-10H,4,11-12H2,(H2,18,19,20). The third-order valence-electron chi connectivity index (χ3n) is 2.72. The van der Waals surface area contributed by atoms with Crippen molar-refractivity contribution in [2.75, 3.05) is 18.5 Å². The SMILES string of the molecule is O=C(NCCCOc1ccccc1)Nc1ccc(Br)cc1. The van der Waals surface area contributed by atoms with Gasteiger partial charge in [0.2, 0.25) is 0 Å². The van der Waals surface area contributed by atoms with E-state index >= 15 is 0 Å². The second kappa shape index (κ2) is 8.32. The van der Waals surface area contributed by atoms with Crippen molar-refractivity contribution in [3.8, 4) is 5.75 Å². The summed E-state index contributed by atoms with van der Waals surface area (Å²) in [5, 5.41) is 5.56. The van der Waals surface area contributed by atoms with E-state index in [0.29, 0.717) is 13.2 Å². The van der Waals surface area contributed by atoms with Gasteiger partial charge < -0.3 is 15.4 Å². The summed E-state index contributed by atoms with van der Waals surface area (Å²) in [6.45, 7) is 1.14. The van der Waals surface area contributed by atoms with Crippen LogP contribution in [0.1, 0.15) is 6.42 Å². The summed E-state index contributed by atoms with van der Waals surface area (Å²) < 4.78 is 6.52. The number of hydrogen-bond acceptors (Lipinski definition) is 2. The first-order valence-electron chi connectivity index (χ1n) is 6.72. The summed E-state index contributed by atoms with van der Waals surface area (Å²) in [5.74, 6) is 0.844. The van der Waals surface area contributed by atoms with Gasteiger partial charge >= 0.3 is 6.03 Å². The molecule has 0 saturated carbocycles. The topological polar surface area (TPSA) is 50.4 Å². The first-order chi connectivity index (χ1) is 10.2. The molecule has 2 N–H and O–H groups in total. The van der Waals surface area contributed by atoms with Gasteiger partial charge in [-0.15, -0.1) is 0 Å². The quantitative estimate of drug-likeness (QED) is 0.774. The average Bonchev–Trinajstić information content (AvgIpc) is 2.50. The van der Waals surface area contributed by atoms with Gasteiger partial charge in [-0.1, -0.05) is 34.1 Å². The highest BCUT2D eigenvalue weighted by atomic mass is 79.9. The summed E-state index contributed by atoms with van der Waals surface area (Å²) in [6.07, 6.45) is 0.753. The molecule has 2 amide bonds. The third-order valence-corrected chi connectivity index (χ3v) is 3.25. The van der Waals surface area contributed by atoms with Gasteiger partial charge in [-0.25, -0.2) is 4.79 Å². The Morgan fingerprint density at radius 1 is 1.05 bits per heavy atom. The smallest absolute Gasteiger partial charge is 0.319 e. The van der Waals surface area contributed by atoms with Gasteiger partial charge in [-0.05, 0) is 42.8 Å². The minimum absolute atomic E-state index is 0.211. The van der Waals surface area contributed by atoms with E-state index in [1.54, 1.807) is 0 Å². The Morgan fingerprint density at radius 3 is 2.48 bits per heavy atom. The number of hydrogen-bond donors (Lipinski definition) is 2. The van der Waals surface area contributed by atoms with E-state index in [1.165, 1.54) is 0 Å². The van der Waals surface area contributed by atoms with Gasteiger partial charge in [-0.3, -0.25) is 0 Å². The predicted octanol–water partition coefficient (Wildman–Crippen LogP) is 4.04. The number of nitrogens with one attached hydrogen (secondary N) is 2. The summed E-state index contributed by atoms with van der Waals surface area (Å²) in [5.41, 5.74) is 0.760. The van der Waals surface area contributed by atoms with E-state index in [4.69, 9.17) is 4.74 Å². The maximum atomic E-state index is 11.7. The number of rotatable bonds is 6. The van der Waals surface area contributed by atoms with Gasteiger partial charge in [0.1, 0.15) is 5.75 Å². The van der Waals surface area contributed by atoms with Crippen molar-refractivity contribution in [1.29, 1.82) is 0 Å². The molecule has 0 radical (unpaired) electrons. The van der Waals surface area contributed by atoms with Crippen LogP contribution in [0.4, 0.5) is 10.5 Å². The molecule has 2 rings (SSSR count). The van der Waals surface area contributed by atoms with Gasteiger partial charge in [0.25, 0.3) is 0 Å². The molecule has 21 heavy (non-hydrogen) atoms. The Labute approximate surface area is 132 Å². The zero-order valence-electron chi connectivity index (χ0n) is 11.5. The molecule has 110 valence electrons. The van der Waals surface area contributed by atoms with E-state index < -0.39 is 0 Å². The van der Waals surface area contributed by atoms with Crippen LogP contribution in [0.5, 0.6) is 5.75 Å². The van der Waals surface area contributed by atoms with Crippen LogP contribution < -0.4 is 15.4 Å². The number of anilines is 1. The second-order valence-corrected chi connectivity index (χ2v) is 5.32. The fourth-order valence-corrected chi connectivity index (χ4v) is 1.95. The number of halogens is 1. The number of ether oxygens (including phenoxy) is 1. The van der Waals surface area contributed by atoms with E-state index in [9.17, 15) is 4.79 Å². The molecule has 0 spiro atoms. The van der Waals surface area contributed by atoms with E-state index in [-0.39, 0.29) is 6.03 Å². The Hall–Kier alpha value is -2.01. The van der Waals surface area contributed by atoms with E-state index in [2.05, 4.69) is 26.6 Å². The molecule has 0 aromatic heterocycles. The molecule has 0 aliphatic rings. The average molecular weight is 349 g/mol. The Morgan fingerprint density at radius 2 is 1.76 bits per heavy atom. The van der Waals surface area contributed by atoms with Gasteiger partial charge in [0, 0.05) is 16.7 Å². The lowest BCUT2D eigenvalue weighted by atomic mass is 10.3. The maximum Gasteiger partial charge on any atom is 0.319 e. The number of amides is 2. The highest BCUT2D eigenvalue weighted by Crippen LogP contribution is 2.13. The molecule has 0 aliphatic heterocycles. The summed E-state index contributed by atoms with van der Waals surface area (Å²) >= 11 is 3.35. The van der Waals surface area contributed by atoms with Crippen molar-refractivity contribution >= 4 is 27.6 Å². The molecule has 0 fully saturated rings. The van der Waals surface area contributed by atoms with Gasteiger partial charge in [-0.2, -0.15) is 0 Å². The van der Waals surface area contributed by atoms with Crippen LogP contribution in [0.15, 0.2) is 59.1 Å². The molecule has 5 heteroatoms. The number of carbonyl (C=O) groups is 1. The van der Waals surface area contributed by atoms with Gasteiger partial charge in [0.05, 0.1) is 6.61 Å². The summed E-state index contributed by atoms with van der Waals surface area (Å²) in [7, 11) is 0. The van der Waals surface area contributed by atoms with Crippen molar-refractivity contribution < 1.29 is 9.53 Å². The van der Waals surface area contributed by atoms with Crippen molar-refractivity contribution in [2.45, 2.75) is 6.42 Å². The predicted molar refractivity (Wildman–Crippen MR) is 87.7 cm³/mol. The van der Waals surface area contributed by atoms with Crippen molar-refractivity contribution in [3.05, 3.63) is 59.1 Å². The fourth-order valence-electron chi connectivity index (χ4n) is 1.69. The highest BCUT2D eigenvalue weighted by molar-refractivity contribution is 9.10. The molecule has 0 bridgehead atoms. The number of urea groups is 1. The van der Waals surface area contributed by atoms with Crippen molar-refractivity contribution in [2.24, 2.45) is 0 Å². The van der Waals surface area contributed by atoms with Crippen molar-refractivity contribution in [1.82, 2.24) is 5.32 Å². The Balaban J connectivity index is 1.60. The minimum Gasteiger partial charge on any atom is -0.494 e. The van der Waals surface area contributed by atoms with Crippen molar-refractivity contribution in [3.63, 3.8) is 0 Å². The monoisotopic (exact) mass is 348 g/mol. The van der Waals surface area contributed by atoms with Crippen LogP contribution in [0.3, 0.4) is 0 Å². The molecule has 0 heterocycles. The summed E-state index contributed by atoms with van der Waals surface area (Å²) in [4.78, 5) is 11.7. The Bertz CT molecular complexity index is 558. The van der Waals surface area contributed by atoms with Crippen LogP contribution in [0, 0.1) is 0 Å². The highest BCUT2D eigenvalue weighted by Gasteiger charge is 2.00. The first-order valence-corrected chi connectivity index (χ1v) is 7.51. The molecule has 0 atom stereocenters. The maximum absolute atomic E-state index is 11.7. The summed E-state index contributed by atoms with van der Waals surface area (Å²) in [6, 6.07) is 16.8. The lowest BCUT2D eigenvalue weighted by molar-refractivity contribution is 0.250. The van der Waals surface area contributed by atoms with E-state index in [1.807, 2.05) is 54.6 Å². The molecular formula is C16H17BrN2O2. The lowest BCUT2D eigenvalue weighted by Crippen LogP contribution is -2.30. The molecule has 2 aromatic rings. The minimum atomic E-state index is -0.211. The molecule has 2 aromatic carbocycles. The molecule has 0 saturated heterocycles. The van der Waals surface area contributed by atoms with Crippen LogP contribution in [0.25, 0.3) is 0 Å². The largest absolute Gasteiger partial charge is 0.494 e. The third kappa shape index (κ3) is 5.87. The number of para-hydroxylation sites is 1. The second-order valence-electron chi connectivity index (χ2n) is 4.40. The van der Waals surface area contributed by atoms with Gasteiger partial charge in [0.15, 0.2) is 0 Å². The fraction of sp³-hybridized carbons (Fsp3) is 0.188. The normalized spacial score (nSPS) is 9.95. The molecule has 0 aliphatic carbocycles. The van der Waals surface area contributed by atoms with Crippen LogP contribution in [-0.4, -0.2) is 19.2 Å². The van der Waals surface area contributed by atoms with Crippen LogP contribution in [-0.2, 0) is 0 Å². The molecule has 0 unspecified atom stereocenters. The Kier molecular flexibility index (Phi) is 6.09. The molecular weight excluding hydrogens is 332 g/mol. The molecule has 4 nitrogen and oxygen atoms in total. The number of carbonyl (C=O) groups excluding carboxylic acids is 1. The van der Waals surface area contributed by atoms with Crippen LogP contribution in [0.2, 0.25) is 0 Å². The zero-order chi connectivity index (χ0) is 14.9. The van der Waals surface area contributed by atoms with E-state index in [0.717, 1.165) is 22.3 Å². The zero-order valence-corrected chi connectivity index (χ0v) is 13.1. The number of benzene rings is 2. The first kappa shape index (κ1) is 15.4. The van der Waals surface area contributed by atoms with Crippen LogP contribution >= 0.6 is 15.9 Å². The lowest BCUT2D eigenvalue weighted by Gasteiger charge is -2.08.